The molecule has 1 atom stereocenters. The van der Waals surface area contributed by atoms with E-state index in [1.807, 2.05) is 31.2 Å². The van der Waals surface area contributed by atoms with Crippen LogP contribution in [0.15, 0.2) is 42.5 Å². The van der Waals surface area contributed by atoms with Gasteiger partial charge in [0, 0.05) is 6.54 Å². The summed E-state index contributed by atoms with van der Waals surface area (Å²) >= 11 is 1.52. The lowest BCUT2D eigenvalue weighted by Crippen LogP contribution is -2.27. The number of nitrogens with zero attached hydrogens (tertiary/aromatic N) is 1. The van der Waals surface area contributed by atoms with Gasteiger partial charge < -0.3 is 9.64 Å². The lowest BCUT2D eigenvalue weighted by Gasteiger charge is -2.24. The second kappa shape index (κ2) is 7.21. The minimum absolute atomic E-state index is 0.0171. The third kappa shape index (κ3) is 3.53. The molecule has 0 aromatic heterocycles. The van der Waals surface area contributed by atoms with Crippen LogP contribution in [-0.2, 0) is 11.3 Å². The van der Waals surface area contributed by atoms with Crippen molar-refractivity contribution < 1.29 is 18.3 Å². The van der Waals surface area contributed by atoms with Gasteiger partial charge >= 0.3 is 0 Å². The molecule has 3 rings (SSSR count). The van der Waals surface area contributed by atoms with Crippen LogP contribution in [0.25, 0.3) is 0 Å². The molecule has 0 radical (unpaired) electrons. The van der Waals surface area contributed by atoms with Gasteiger partial charge in [-0.2, -0.15) is 0 Å². The quantitative estimate of drug-likeness (QED) is 0.813. The number of ether oxygens (including phenoxy) is 1. The highest BCUT2D eigenvalue weighted by Crippen LogP contribution is 2.40. The number of hydrogen-bond acceptors (Lipinski definition) is 3. The summed E-state index contributed by atoms with van der Waals surface area (Å²) in [5.74, 6) is -0.685. The van der Waals surface area contributed by atoms with Crippen molar-refractivity contribution in [3.63, 3.8) is 0 Å². The van der Waals surface area contributed by atoms with Gasteiger partial charge in [-0.1, -0.05) is 18.2 Å². The van der Waals surface area contributed by atoms with Gasteiger partial charge in [0.05, 0.1) is 12.4 Å². The van der Waals surface area contributed by atoms with E-state index < -0.39 is 11.6 Å². The predicted octanol–water partition coefficient (Wildman–Crippen LogP) is 4.14. The number of amides is 1. The maximum absolute atomic E-state index is 13.4. The molecule has 0 aliphatic carbocycles. The molecule has 0 spiro atoms. The van der Waals surface area contributed by atoms with Crippen LogP contribution in [0.2, 0.25) is 0 Å². The lowest BCUT2D eigenvalue weighted by molar-refractivity contribution is -0.128. The lowest BCUT2D eigenvalue weighted by atomic mass is 10.1. The molecular weight excluding hydrogens is 332 g/mol. The first-order chi connectivity index (χ1) is 11.6. The highest BCUT2D eigenvalue weighted by molar-refractivity contribution is 8.00. The molecule has 1 aliphatic rings. The van der Waals surface area contributed by atoms with Crippen molar-refractivity contribution in [1.82, 2.24) is 4.90 Å². The monoisotopic (exact) mass is 349 g/mol. The molecule has 1 unspecified atom stereocenters. The van der Waals surface area contributed by atoms with Crippen LogP contribution in [0.3, 0.4) is 0 Å². The molecule has 0 bridgehead atoms. The van der Waals surface area contributed by atoms with Gasteiger partial charge in [0.1, 0.15) is 11.1 Å². The number of rotatable bonds is 5. The van der Waals surface area contributed by atoms with Gasteiger partial charge in [-0.25, -0.2) is 8.78 Å². The number of carbonyl (C=O) groups excluding carboxylic acids is 1. The summed E-state index contributed by atoms with van der Waals surface area (Å²) in [5, 5.41) is -0.161. The average molecular weight is 349 g/mol. The molecular formula is C18H17F2NO2S. The maximum Gasteiger partial charge on any atom is 0.234 e. The van der Waals surface area contributed by atoms with Crippen LogP contribution >= 0.6 is 11.8 Å². The zero-order chi connectivity index (χ0) is 17.1. The van der Waals surface area contributed by atoms with Crippen LogP contribution in [0, 0.1) is 11.6 Å². The third-order valence-electron chi connectivity index (χ3n) is 3.76. The van der Waals surface area contributed by atoms with Crippen LogP contribution in [-0.4, -0.2) is 23.2 Å². The second-order valence-corrected chi connectivity index (χ2v) is 6.51. The molecule has 1 fully saturated rings. The molecule has 1 amide bonds. The fourth-order valence-corrected chi connectivity index (χ4v) is 3.84. The van der Waals surface area contributed by atoms with Gasteiger partial charge in [0.25, 0.3) is 0 Å². The Morgan fingerprint density at radius 1 is 1.21 bits per heavy atom. The Bertz CT molecular complexity index is 754. The zero-order valence-corrected chi connectivity index (χ0v) is 14.0. The minimum Gasteiger partial charge on any atom is -0.494 e. The normalized spacial score (nSPS) is 17.4. The Morgan fingerprint density at radius 2 is 2.04 bits per heavy atom. The van der Waals surface area contributed by atoms with E-state index >= 15 is 0 Å². The molecule has 0 N–H and O–H groups in total. The van der Waals surface area contributed by atoms with E-state index in [9.17, 15) is 13.6 Å². The molecule has 6 heteroatoms. The number of thioether (sulfide) groups is 1. The smallest absolute Gasteiger partial charge is 0.234 e. The van der Waals surface area contributed by atoms with E-state index in [1.54, 1.807) is 4.90 Å². The van der Waals surface area contributed by atoms with Crippen molar-refractivity contribution in [2.24, 2.45) is 0 Å². The zero-order valence-electron chi connectivity index (χ0n) is 13.2. The van der Waals surface area contributed by atoms with E-state index in [1.165, 1.54) is 17.8 Å². The molecule has 1 aliphatic heterocycles. The molecule has 126 valence electrons. The first kappa shape index (κ1) is 16.8. The van der Waals surface area contributed by atoms with Crippen LogP contribution in [0.1, 0.15) is 23.4 Å². The van der Waals surface area contributed by atoms with Crippen LogP contribution < -0.4 is 4.74 Å². The van der Waals surface area contributed by atoms with Crippen LogP contribution in [0.4, 0.5) is 8.78 Å². The minimum atomic E-state index is -0.901. The summed E-state index contributed by atoms with van der Waals surface area (Å²) in [6.45, 7) is 2.72. The molecule has 1 heterocycles. The molecule has 1 saturated heterocycles. The van der Waals surface area contributed by atoms with Crippen molar-refractivity contribution in [2.45, 2.75) is 18.8 Å². The Hall–Kier alpha value is -2.08. The largest absolute Gasteiger partial charge is 0.494 e. The molecule has 0 saturated carbocycles. The van der Waals surface area contributed by atoms with Gasteiger partial charge in [-0.05, 0) is 42.3 Å². The second-order valence-electron chi connectivity index (χ2n) is 5.44. The number of halogens is 2. The van der Waals surface area contributed by atoms with E-state index in [4.69, 9.17) is 4.74 Å². The predicted molar refractivity (Wildman–Crippen MR) is 89.7 cm³/mol. The SMILES string of the molecule is CCOc1cccc(C2SCC(=O)N2Cc2ccc(F)c(F)c2)c1. The summed E-state index contributed by atoms with van der Waals surface area (Å²) < 4.78 is 32.0. The summed E-state index contributed by atoms with van der Waals surface area (Å²) in [5.41, 5.74) is 1.52. The van der Waals surface area contributed by atoms with E-state index in [2.05, 4.69) is 0 Å². The van der Waals surface area contributed by atoms with Gasteiger partial charge in [-0.3, -0.25) is 4.79 Å². The van der Waals surface area contributed by atoms with Crippen LogP contribution in [0.5, 0.6) is 5.75 Å². The number of benzene rings is 2. The van der Waals surface area contributed by atoms with Crippen molar-refractivity contribution in [3.8, 4) is 5.75 Å². The fraction of sp³-hybridized carbons (Fsp3) is 0.278. The van der Waals surface area contributed by atoms with Crippen molar-refractivity contribution in [2.75, 3.05) is 12.4 Å². The summed E-state index contributed by atoms with van der Waals surface area (Å²) in [6, 6.07) is 11.3. The van der Waals surface area contributed by atoms with E-state index in [0.29, 0.717) is 17.9 Å². The third-order valence-corrected chi connectivity index (χ3v) is 5.02. The summed E-state index contributed by atoms with van der Waals surface area (Å²) in [6.07, 6.45) is 0. The Balaban J connectivity index is 1.83. The highest BCUT2D eigenvalue weighted by atomic mass is 32.2. The molecule has 3 nitrogen and oxygen atoms in total. The van der Waals surface area contributed by atoms with E-state index in [0.717, 1.165) is 23.4 Å². The fourth-order valence-electron chi connectivity index (χ4n) is 2.66. The van der Waals surface area contributed by atoms with E-state index in [-0.39, 0.29) is 17.8 Å². The van der Waals surface area contributed by atoms with Crippen molar-refractivity contribution >= 4 is 17.7 Å². The Labute approximate surface area is 143 Å². The Kier molecular flexibility index (Phi) is 5.04. The highest BCUT2D eigenvalue weighted by Gasteiger charge is 2.33. The molecule has 2 aromatic rings. The number of hydrogen-bond donors (Lipinski definition) is 0. The van der Waals surface area contributed by atoms with Gasteiger partial charge in [0.15, 0.2) is 11.6 Å². The standard InChI is InChI=1S/C18H17F2NO2S/c1-2-23-14-5-3-4-13(9-14)18-21(17(22)11-24-18)10-12-6-7-15(19)16(20)8-12/h3-9,18H,2,10-11H2,1H3. The Morgan fingerprint density at radius 3 is 2.79 bits per heavy atom. The van der Waals surface area contributed by atoms with Crippen molar-refractivity contribution in [3.05, 3.63) is 65.2 Å². The summed E-state index contributed by atoms with van der Waals surface area (Å²) in [4.78, 5) is 13.9. The molecule has 2 aromatic carbocycles. The van der Waals surface area contributed by atoms with Gasteiger partial charge in [0.2, 0.25) is 5.91 Å². The van der Waals surface area contributed by atoms with Crippen molar-refractivity contribution in [1.29, 1.82) is 0 Å². The summed E-state index contributed by atoms with van der Waals surface area (Å²) in [7, 11) is 0. The first-order valence-corrected chi connectivity index (χ1v) is 8.71. The maximum atomic E-state index is 13.4. The number of carbonyl (C=O) groups is 1. The first-order valence-electron chi connectivity index (χ1n) is 7.66. The topological polar surface area (TPSA) is 29.5 Å². The average Bonchev–Trinajstić information content (AvgIpc) is 2.93. The molecule has 24 heavy (non-hydrogen) atoms. The van der Waals surface area contributed by atoms with Gasteiger partial charge in [-0.15, -0.1) is 11.8 Å².